The number of nitrogens with zero attached hydrogens (tertiary/aromatic N) is 1. The lowest BCUT2D eigenvalue weighted by molar-refractivity contribution is -0.113. The number of allylic oxidation sites excluding steroid dienone is 1. The minimum Gasteiger partial charge on any atom is -0.387 e. The van der Waals surface area contributed by atoms with Crippen molar-refractivity contribution >= 4 is 23.2 Å². The minimum absolute atomic E-state index is 0.00751. The first-order chi connectivity index (χ1) is 10.7. The summed E-state index contributed by atoms with van der Waals surface area (Å²) in [4.78, 5) is 15.7. The predicted molar refractivity (Wildman–Crippen MR) is 85.6 cm³/mol. The van der Waals surface area contributed by atoms with Crippen molar-refractivity contribution in [2.24, 2.45) is 16.6 Å². The molecule has 0 aliphatic heterocycles. The van der Waals surface area contributed by atoms with E-state index in [2.05, 4.69) is 4.99 Å². The highest BCUT2D eigenvalue weighted by Crippen LogP contribution is 2.11. The number of benzene rings is 1. The summed E-state index contributed by atoms with van der Waals surface area (Å²) >= 11 is 0. The molecule has 0 bridgehead atoms. The molecule has 7 heteroatoms. The summed E-state index contributed by atoms with van der Waals surface area (Å²) in [6.07, 6.45) is 2.37. The van der Waals surface area contributed by atoms with Crippen molar-refractivity contribution in [3.8, 4) is 0 Å². The van der Waals surface area contributed by atoms with Crippen LogP contribution in [0.25, 0.3) is 0 Å². The number of carbonyl (C=O) groups is 1. The Morgan fingerprint density at radius 1 is 1.39 bits per heavy atom. The number of hydrogen-bond donors (Lipinski definition) is 3. The molecule has 5 nitrogen and oxygen atoms in total. The molecular weight excluding hydrogens is 302 g/mol. The Hall–Kier alpha value is -2.70. The Bertz CT molecular complexity index is 693. The van der Waals surface area contributed by atoms with Crippen molar-refractivity contribution in [2.45, 2.75) is 20.3 Å². The minimum atomic E-state index is -0.936. The van der Waals surface area contributed by atoms with E-state index in [1.807, 2.05) is 13.8 Å². The molecule has 1 rings (SSSR count). The van der Waals surface area contributed by atoms with Gasteiger partial charge < -0.3 is 5.73 Å². The fourth-order valence-electron chi connectivity index (χ4n) is 1.55. The lowest BCUT2D eigenvalue weighted by Crippen LogP contribution is -2.39. The largest absolute Gasteiger partial charge is 0.387 e. The zero-order valence-electron chi connectivity index (χ0n) is 12.9. The number of Topliss-reactive ketones (excluding diaryl/α,β-unsaturated/α-hetero) is 1. The van der Waals surface area contributed by atoms with Crippen LogP contribution in [0, 0.1) is 23.0 Å². The van der Waals surface area contributed by atoms with E-state index in [9.17, 15) is 13.6 Å². The molecule has 0 aliphatic rings. The van der Waals surface area contributed by atoms with E-state index in [0.29, 0.717) is 11.9 Å². The van der Waals surface area contributed by atoms with E-state index in [0.717, 1.165) is 12.1 Å². The van der Waals surface area contributed by atoms with Crippen LogP contribution in [-0.4, -0.2) is 23.2 Å². The maximum atomic E-state index is 13.5. The van der Waals surface area contributed by atoms with Crippen LogP contribution < -0.4 is 11.1 Å². The van der Waals surface area contributed by atoms with Crippen LogP contribution in [-0.2, 0) is 0 Å². The van der Waals surface area contributed by atoms with Crippen LogP contribution in [0.1, 0.15) is 30.6 Å². The van der Waals surface area contributed by atoms with Crippen molar-refractivity contribution in [3.63, 3.8) is 0 Å². The van der Waals surface area contributed by atoms with Crippen molar-refractivity contribution in [3.05, 3.63) is 47.5 Å². The molecule has 0 atom stereocenters. The average molecular weight is 321 g/mol. The van der Waals surface area contributed by atoms with Gasteiger partial charge in [0.15, 0.2) is 11.5 Å². The number of hydrogen-bond acceptors (Lipinski definition) is 2. The highest BCUT2D eigenvalue weighted by Gasteiger charge is 2.15. The molecular formula is C16H19F2N4O+. The Morgan fingerprint density at radius 2 is 2.04 bits per heavy atom. The lowest BCUT2D eigenvalue weighted by atomic mass is 10.0. The molecule has 0 radical (unpaired) electrons. The molecule has 0 saturated carbocycles. The fourth-order valence-corrected chi connectivity index (χ4v) is 1.55. The molecule has 1 aromatic rings. The van der Waals surface area contributed by atoms with Gasteiger partial charge in [0.05, 0.1) is 12.0 Å². The first-order valence-corrected chi connectivity index (χ1v) is 6.91. The lowest BCUT2D eigenvalue weighted by Gasteiger charge is -2.02. The average Bonchev–Trinajstić information content (AvgIpc) is 2.44. The second-order valence-electron chi connectivity index (χ2n) is 5.21. The third-order valence-corrected chi connectivity index (χ3v) is 2.89. The summed E-state index contributed by atoms with van der Waals surface area (Å²) in [7, 11) is 0. The smallest absolute Gasteiger partial charge is 0.180 e. The van der Waals surface area contributed by atoms with Crippen LogP contribution >= 0.6 is 0 Å². The number of rotatable bonds is 6. The highest BCUT2D eigenvalue weighted by atomic mass is 19.1. The van der Waals surface area contributed by atoms with E-state index in [1.165, 1.54) is 12.2 Å². The predicted octanol–water partition coefficient (Wildman–Crippen LogP) is 1.28. The van der Waals surface area contributed by atoms with Crippen LogP contribution in [0.5, 0.6) is 0 Å². The Morgan fingerprint density at radius 3 is 2.61 bits per heavy atom. The zero-order chi connectivity index (χ0) is 17.6. The second-order valence-corrected chi connectivity index (χ2v) is 5.21. The van der Waals surface area contributed by atoms with E-state index in [4.69, 9.17) is 16.6 Å². The molecule has 1 aromatic carbocycles. The van der Waals surface area contributed by atoms with Gasteiger partial charge >= 0.3 is 0 Å². The van der Waals surface area contributed by atoms with Crippen molar-refractivity contribution < 1.29 is 19.0 Å². The number of ketones is 1. The summed E-state index contributed by atoms with van der Waals surface area (Å²) < 4.78 is 26.3. The number of amidine groups is 2. The maximum Gasteiger partial charge on any atom is 0.180 e. The monoisotopic (exact) mass is 321 g/mol. The van der Waals surface area contributed by atoms with E-state index >= 15 is 0 Å². The summed E-state index contributed by atoms with van der Waals surface area (Å²) in [6, 6.07) is 2.71. The van der Waals surface area contributed by atoms with Gasteiger partial charge in [0.1, 0.15) is 23.3 Å². The number of halogens is 2. The molecule has 5 N–H and O–H groups in total. The molecule has 0 aliphatic carbocycles. The SMILES string of the molecule is CC(C)C(N)=NC(=N)/C=C\C(=[NH2+])CC(=O)c1ccc(F)cc1F. The Balaban J connectivity index is 2.69. The van der Waals surface area contributed by atoms with Crippen LogP contribution in [0.4, 0.5) is 8.78 Å². The van der Waals surface area contributed by atoms with Crippen molar-refractivity contribution in [1.82, 2.24) is 0 Å². The number of carbonyl (C=O) groups excluding carboxylic acids is 1. The van der Waals surface area contributed by atoms with Gasteiger partial charge in [0.25, 0.3) is 0 Å². The summed E-state index contributed by atoms with van der Waals surface area (Å²) in [5, 5.41) is 13.3. The topological polar surface area (TPSA) is 105 Å². The van der Waals surface area contributed by atoms with Gasteiger partial charge in [0.2, 0.25) is 0 Å². The van der Waals surface area contributed by atoms with Gasteiger partial charge in [-0.1, -0.05) is 13.8 Å². The van der Waals surface area contributed by atoms with Crippen molar-refractivity contribution in [1.29, 1.82) is 5.41 Å². The number of aliphatic imine (C=N–C) groups is 1. The quantitative estimate of drug-likeness (QED) is 0.417. The molecule has 0 spiro atoms. The summed E-state index contributed by atoms with van der Waals surface area (Å²) in [5.74, 6) is -2.07. The summed E-state index contributed by atoms with van der Waals surface area (Å²) in [5.41, 5.74) is 5.51. The number of nitrogens with two attached hydrogens (primary N) is 2. The molecule has 23 heavy (non-hydrogen) atoms. The Kier molecular flexibility index (Phi) is 6.44. The van der Waals surface area contributed by atoms with Crippen LogP contribution in [0.3, 0.4) is 0 Å². The standard InChI is InChI=1S/C16H18F2N4O/c1-9(2)16(21)22-15(20)6-4-11(19)8-14(23)12-5-3-10(17)7-13(12)18/h3-7,9,19H,8H2,1-2H3,(H3,20,21,22)/p+1/b6-4-,19-11?. The van der Waals surface area contributed by atoms with Crippen LogP contribution in [0.15, 0.2) is 35.3 Å². The van der Waals surface area contributed by atoms with Gasteiger partial charge in [-0.25, -0.2) is 13.8 Å². The molecule has 0 aromatic heterocycles. The second kappa shape index (κ2) is 8.07. The molecule has 122 valence electrons. The first kappa shape index (κ1) is 18.3. The van der Waals surface area contributed by atoms with Gasteiger partial charge in [0, 0.05) is 18.1 Å². The van der Waals surface area contributed by atoms with Gasteiger partial charge in [-0.05, 0) is 18.2 Å². The molecule has 0 unspecified atom stereocenters. The third-order valence-electron chi connectivity index (χ3n) is 2.89. The van der Waals surface area contributed by atoms with Gasteiger partial charge in [-0.3, -0.25) is 15.6 Å². The Labute approximate surface area is 132 Å². The van der Waals surface area contributed by atoms with E-state index < -0.39 is 17.4 Å². The highest BCUT2D eigenvalue weighted by molar-refractivity contribution is 6.13. The summed E-state index contributed by atoms with van der Waals surface area (Å²) in [6.45, 7) is 3.68. The van der Waals surface area contributed by atoms with E-state index in [1.54, 1.807) is 0 Å². The fraction of sp³-hybridized carbons (Fsp3) is 0.250. The van der Waals surface area contributed by atoms with E-state index in [-0.39, 0.29) is 29.4 Å². The van der Waals surface area contributed by atoms with Gasteiger partial charge in [-0.15, -0.1) is 0 Å². The molecule has 0 amide bonds. The number of nitrogens with one attached hydrogen (secondary N) is 1. The third kappa shape index (κ3) is 5.90. The molecule has 0 heterocycles. The van der Waals surface area contributed by atoms with Crippen LogP contribution in [0.2, 0.25) is 0 Å². The molecule has 0 saturated heterocycles. The first-order valence-electron chi connectivity index (χ1n) is 6.91. The van der Waals surface area contributed by atoms with Crippen molar-refractivity contribution in [2.75, 3.05) is 0 Å². The normalized spacial score (nSPS) is 12.0. The van der Waals surface area contributed by atoms with Gasteiger partial charge in [-0.2, -0.15) is 0 Å². The molecule has 0 fully saturated rings. The maximum absolute atomic E-state index is 13.5. The zero-order valence-corrected chi connectivity index (χ0v) is 12.9.